The Labute approximate surface area is 103 Å². The van der Waals surface area contributed by atoms with Crippen LogP contribution >= 0.6 is 0 Å². The van der Waals surface area contributed by atoms with Crippen molar-refractivity contribution in [1.29, 1.82) is 0 Å². The van der Waals surface area contributed by atoms with Crippen LogP contribution in [-0.2, 0) is 7.05 Å². The molecule has 0 spiro atoms. The number of nitrogens with two attached hydrogens (primary N) is 1. The zero-order valence-electron chi connectivity index (χ0n) is 9.76. The maximum Gasteiger partial charge on any atom is 0.218 e. The molecule has 1 heterocycles. The van der Waals surface area contributed by atoms with Crippen LogP contribution in [0.4, 0.5) is 10.3 Å². The number of fused-ring (bicyclic) bond motifs is 1. The van der Waals surface area contributed by atoms with Crippen molar-refractivity contribution in [1.82, 2.24) is 14.8 Å². The monoisotopic (exact) mass is 242 g/mol. The molecular formula is C13H11FN4. The Hall–Kier alpha value is -2.43. The first-order chi connectivity index (χ1) is 8.66. The Kier molecular flexibility index (Phi) is 2.26. The van der Waals surface area contributed by atoms with E-state index >= 15 is 0 Å². The van der Waals surface area contributed by atoms with E-state index in [1.165, 1.54) is 10.7 Å². The average molecular weight is 242 g/mol. The summed E-state index contributed by atoms with van der Waals surface area (Å²) in [6.45, 7) is 0. The van der Waals surface area contributed by atoms with Gasteiger partial charge in [0.15, 0.2) is 5.82 Å². The third kappa shape index (κ3) is 1.52. The number of anilines is 1. The molecule has 3 aromatic rings. The molecule has 0 aliphatic carbocycles. The molecule has 18 heavy (non-hydrogen) atoms. The van der Waals surface area contributed by atoms with Gasteiger partial charge in [0.2, 0.25) is 5.95 Å². The number of aromatic nitrogens is 3. The van der Waals surface area contributed by atoms with Gasteiger partial charge >= 0.3 is 0 Å². The molecule has 2 N–H and O–H groups in total. The molecule has 0 atom stereocenters. The van der Waals surface area contributed by atoms with E-state index < -0.39 is 0 Å². The summed E-state index contributed by atoms with van der Waals surface area (Å²) in [7, 11) is 1.72. The highest BCUT2D eigenvalue weighted by Gasteiger charge is 2.12. The van der Waals surface area contributed by atoms with Crippen LogP contribution in [0.2, 0.25) is 0 Å². The number of benzene rings is 2. The number of nitrogen functional groups attached to an aromatic ring is 1. The minimum atomic E-state index is -0.252. The van der Waals surface area contributed by atoms with Crippen LogP contribution in [0.1, 0.15) is 0 Å². The summed E-state index contributed by atoms with van der Waals surface area (Å²) in [4.78, 5) is 4.17. The van der Waals surface area contributed by atoms with Gasteiger partial charge in [0.05, 0.1) is 0 Å². The zero-order valence-corrected chi connectivity index (χ0v) is 9.76. The van der Waals surface area contributed by atoms with Crippen molar-refractivity contribution in [3.05, 3.63) is 42.2 Å². The molecule has 0 amide bonds. The molecule has 1 aromatic heterocycles. The van der Waals surface area contributed by atoms with Crippen molar-refractivity contribution in [3.8, 4) is 11.4 Å². The molecular weight excluding hydrogens is 231 g/mol. The maximum absolute atomic E-state index is 13.7. The lowest BCUT2D eigenvalue weighted by atomic mass is 10.0. The predicted molar refractivity (Wildman–Crippen MR) is 68.3 cm³/mol. The van der Waals surface area contributed by atoms with Crippen molar-refractivity contribution in [3.63, 3.8) is 0 Å². The Morgan fingerprint density at radius 1 is 1.11 bits per heavy atom. The Balaban J connectivity index is 2.33. The Bertz CT molecular complexity index is 713. The van der Waals surface area contributed by atoms with Crippen LogP contribution in [0.5, 0.6) is 0 Å². The molecule has 0 radical (unpaired) electrons. The van der Waals surface area contributed by atoms with E-state index in [0.717, 1.165) is 10.9 Å². The van der Waals surface area contributed by atoms with Crippen molar-refractivity contribution in [2.75, 3.05) is 5.73 Å². The van der Waals surface area contributed by atoms with Crippen molar-refractivity contribution >= 4 is 16.7 Å². The van der Waals surface area contributed by atoms with E-state index in [1.807, 2.05) is 12.1 Å². The molecule has 4 nitrogen and oxygen atoms in total. The normalized spacial score (nSPS) is 11.0. The lowest BCUT2D eigenvalue weighted by molar-refractivity contribution is 0.640. The SMILES string of the molecule is Cn1nc(-c2ccc(F)c3ccccc23)nc1N. The van der Waals surface area contributed by atoms with Crippen LogP contribution in [-0.4, -0.2) is 14.8 Å². The second-order valence-corrected chi connectivity index (χ2v) is 4.06. The minimum absolute atomic E-state index is 0.252. The van der Waals surface area contributed by atoms with Gasteiger partial charge in [0.1, 0.15) is 5.82 Å². The van der Waals surface area contributed by atoms with Gasteiger partial charge in [-0.15, -0.1) is 5.10 Å². The average Bonchev–Trinajstić information content (AvgIpc) is 2.70. The first-order valence-corrected chi connectivity index (χ1v) is 5.51. The van der Waals surface area contributed by atoms with E-state index in [0.29, 0.717) is 17.2 Å². The summed E-state index contributed by atoms with van der Waals surface area (Å²) < 4.78 is 15.2. The first-order valence-electron chi connectivity index (χ1n) is 5.51. The first kappa shape index (κ1) is 10.7. The quantitative estimate of drug-likeness (QED) is 0.712. The molecule has 90 valence electrons. The lowest BCUT2D eigenvalue weighted by Gasteiger charge is -2.03. The van der Waals surface area contributed by atoms with Crippen molar-refractivity contribution < 1.29 is 4.39 Å². The topological polar surface area (TPSA) is 56.7 Å². The number of rotatable bonds is 1. The summed E-state index contributed by atoms with van der Waals surface area (Å²) in [5.74, 6) is 0.586. The highest BCUT2D eigenvalue weighted by Crippen LogP contribution is 2.28. The van der Waals surface area contributed by atoms with Gasteiger partial charge in [0, 0.05) is 18.0 Å². The zero-order chi connectivity index (χ0) is 12.7. The largest absolute Gasteiger partial charge is 0.368 e. The molecule has 5 heteroatoms. The molecule has 3 rings (SSSR count). The van der Waals surface area contributed by atoms with Crippen molar-refractivity contribution in [2.45, 2.75) is 0 Å². The van der Waals surface area contributed by atoms with Crippen LogP contribution in [0.3, 0.4) is 0 Å². The van der Waals surface area contributed by atoms with Gasteiger partial charge < -0.3 is 5.73 Å². The molecule has 0 unspecified atom stereocenters. The van der Waals surface area contributed by atoms with Crippen LogP contribution < -0.4 is 5.73 Å². The standard InChI is InChI=1S/C13H11FN4/c1-18-13(15)16-12(17-18)10-6-7-11(14)9-5-3-2-4-8(9)10/h2-7H,1H3,(H2,15,16,17). The molecule has 0 saturated heterocycles. The molecule has 0 bridgehead atoms. The second-order valence-electron chi connectivity index (χ2n) is 4.06. The van der Waals surface area contributed by atoms with E-state index in [2.05, 4.69) is 10.1 Å². The number of aryl methyl sites for hydroxylation is 1. The van der Waals surface area contributed by atoms with Gasteiger partial charge in [-0.25, -0.2) is 9.07 Å². The van der Waals surface area contributed by atoms with E-state index in [9.17, 15) is 4.39 Å². The second kappa shape index (κ2) is 3.80. The molecule has 0 fully saturated rings. The fourth-order valence-electron chi connectivity index (χ4n) is 1.97. The fraction of sp³-hybridized carbons (Fsp3) is 0.0769. The Morgan fingerprint density at radius 2 is 1.83 bits per heavy atom. The highest BCUT2D eigenvalue weighted by molar-refractivity contribution is 5.95. The van der Waals surface area contributed by atoms with Gasteiger partial charge in [-0.1, -0.05) is 24.3 Å². The number of nitrogens with zero attached hydrogens (tertiary/aromatic N) is 3. The number of hydrogen-bond donors (Lipinski definition) is 1. The molecule has 0 saturated carbocycles. The molecule has 2 aromatic carbocycles. The summed E-state index contributed by atoms with van der Waals surface area (Å²) >= 11 is 0. The highest BCUT2D eigenvalue weighted by atomic mass is 19.1. The summed E-state index contributed by atoms with van der Waals surface area (Å²) in [6, 6.07) is 10.3. The molecule has 0 aliphatic rings. The third-order valence-corrected chi connectivity index (χ3v) is 2.91. The van der Waals surface area contributed by atoms with E-state index in [1.54, 1.807) is 25.2 Å². The van der Waals surface area contributed by atoms with Gasteiger partial charge in [-0.3, -0.25) is 0 Å². The number of hydrogen-bond acceptors (Lipinski definition) is 3. The predicted octanol–water partition coefficient (Wildman–Crippen LogP) is 2.36. The maximum atomic E-state index is 13.7. The van der Waals surface area contributed by atoms with Gasteiger partial charge in [-0.2, -0.15) is 4.98 Å². The third-order valence-electron chi connectivity index (χ3n) is 2.91. The van der Waals surface area contributed by atoms with Crippen LogP contribution in [0.15, 0.2) is 36.4 Å². The van der Waals surface area contributed by atoms with E-state index in [-0.39, 0.29) is 5.82 Å². The summed E-state index contributed by atoms with van der Waals surface area (Å²) in [5, 5.41) is 5.56. The lowest BCUT2D eigenvalue weighted by Crippen LogP contribution is -1.97. The fourth-order valence-corrected chi connectivity index (χ4v) is 1.97. The van der Waals surface area contributed by atoms with Gasteiger partial charge in [0.25, 0.3) is 0 Å². The van der Waals surface area contributed by atoms with Gasteiger partial charge in [-0.05, 0) is 17.5 Å². The molecule has 0 aliphatic heterocycles. The van der Waals surface area contributed by atoms with Crippen LogP contribution in [0, 0.1) is 5.82 Å². The van der Waals surface area contributed by atoms with Crippen LogP contribution in [0.25, 0.3) is 22.2 Å². The summed E-state index contributed by atoms with van der Waals surface area (Å²) in [5.41, 5.74) is 6.44. The minimum Gasteiger partial charge on any atom is -0.368 e. The Morgan fingerprint density at radius 3 is 2.50 bits per heavy atom. The number of halogens is 1. The smallest absolute Gasteiger partial charge is 0.218 e. The van der Waals surface area contributed by atoms with E-state index in [4.69, 9.17) is 5.73 Å². The van der Waals surface area contributed by atoms with Crippen molar-refractivity contribution in [2.24, 2.45) is 7.05 Å². The summed E-state index contributed by atoms with van der Waals surface area (Å²) in [6.07, 6.45) is 0.